The molecule has 354 valence electrons. The van der Waals surface area contributed by atoms with Crippen molar-refractivity contribution in [3.63, 3.8) is 0 Å². The molecule has 0 aliphatic carbocycles. The van der Waals surface area contributed by atoms with E-state index in [1.807, 2.05) is 0 Å². The summed E-state index contributed by atoms with van der Waals surface area (Å²) >= 11 is 0. The van der Waals surface area contributed by atoms with Gasteiger partial charge in [0.05, 0.1) is 25.2 Å². The first-order valence-electron chi connectivity index (χ1n) is 26.6. The van der Waals surface area contributed by atoms with E-state index in [-0.39, 0.29) is 24.9 Å². The summed E-state index contributed by atoms with van der Waals surface area (Å²) in [5.41, 5.74) is 0. The molecule has 3 unspecified atom stereocenters. The number of aliphatic hydroxyl groups excluding tert-OH is 2. The van der Waals surface area contributed by atoms with Crippen LogP contribution in [0.2, 0.25) is 0 Å². The zero-order valence-electron chi connectivity index (χ0n) is 40.4. The molecule has 3 N–H and O–H groups in total. The van der Waals surface area contributed by atoms with Crippen LogP contribution in [0.15, 0.2) is 24.3 Å². The van der Waals surface area contributed by atoms with Crippen molar-refractivity contribution in [3.05, 3.63) is 24.3 Å². The standard InChI is InChI=1S/C54H103NO5/c1-4-7-10-13-16-19-22-24-26-27-28-29-31-34-37-40-43-46-52(57)51(49-56)55-53(58)48-50(45-42-39-36-33-21-18-15-12-9-6-3)60-54(59)47-44-41-38-35-32-30-25-23-20-17-14-11-8-5-2/h18,21,30,32,50-52,56-57H,4-17,19-20,22-29,31,33-49H2,1-3H3,(H,55,58)/b21-18-,32-30-. The fraction of sp³-hybridized carbons (Fsp3) is 0.889. The van der Waals surface area contributed by atoms with E-state index >= 15 is 0 Å². The number of hydrogen-bond donors (Lipinski definition) is 3. The van der Waals surface area contributed by atoms with Crippen molar-refractivity contribution in [1.82, 2.24) is 5.32 Å². The summed E-state index contributed by atoms with van der Waals surface area (Å²) < 4.78 is 5.91. The number of amides is 1. The van der Waals surface area contributed by atoms with E-state index < -0.39 is 18.2 Å². The maximum atomic E-state index is 13.2. The molecule has 0 fully saturated rings. The second kappa shape index (κ2) is 48.4. The van der Waals surface area contributed by atoms with Gasteiger partial charge in [0, 0.05) is 6.42 Å². The lowest BCUT2D eigenvalue weighted by Gasteiger charge is -2.24. The summed E-state index contributed by atoms with van der Waals surface area (Å²) in [4.78, 5) is 26.1. The smallest absolute Gasteiger partial charge is 0.306 e. The average molecular weight is 846 g/mol. The molecule has 0 aliphatic rings. The normalized spacial score (nSPS) is 13.3. The summed E-state index contributed by atoms with van der Waals surface area (Å²) in [5, 5.41) is 23.8. The fourth-order valence-corrected chi connectivity index (χ4v) is 8.19. The molecule has 3 atom stereocenters. The van der Waals surface area contributed by atoms with Crippen LogP contribution in [0, 0.1) is 0 Å². The minimum atomic E-state index is -0.790. The highest BCUT2D eigenvalue weighted by molar-refractivity contribution is 5.77. The van der Waals surface area contributed by atoms with E-state index in [1.165, 1.54) is 167 Å². The van der Waals surface area contributed by atoms with Gasteiger partial charge in [0.15, 0.2) is 0 Å². The van der Waals surface area contributed by atoms with Gasteiger partial charge < -0.3 is 20.3 Å². The summed E-state index contributed by atoms with van der Waals surface area (Å²) in [6.45, 7) is 6.46. The highest BCUT2D eigenvalue weighted by Gasteiger charge is 2.24. The zero-order chi connectivity index (χ0) is 43.8. The molecule has 1 amide bonds. The van der Waals surface area contributed by atoms with Gasteiger partial charge >= 0.3 is 5.97 Å². The molecule has 0 aromatic rings. The van der Waals surface area contributed by atoms with Gasteiger partial charge in [0.1, 0.15) is 6.10 Å². The van der Waals surface area contributed by atoms with Crippen molar-refractivity contribution in [2.45, 2.75) is 302 Å². The maximum absolute atomic E-state index is 13.2. The van der Waals surface area contributed by atoms with Crippen LogP contribution in [0.25, 0.3) is 0 Å². The van der Waals surface area contributed by atoms with E-state index in [1.54, 1.807) is 0 Å². The third-order valence-electron chi connectivity index (χ3n) is 12.3. The largest absolute Gasteiger partial charge is 0.462 e. The van der Waals surface area contributed by atoms with E-state index in [2.05, 4.69) is 50.4 Å². The molecule has 0 spiro atoms. The molecular weight excluding hydrogens is 743 g/mol. The minimum Gasteiger partial charge on any atom is -0.462 e. The van der Waals surface area contributed by atoms with Gasteiger partial charge in [-0.05, 0) is 77.0 Å². The molecule has 6 nitrogen and oxygen atoms in total. The first kappa shape index (κ1) is 58.3. The molecule has 60 heavy (non-hydrogen) atoms. The summed E-state index contributed by atoms with van der Waals surface area (Å²) in [5.74, 6) is -0.499. The van der Waals surface area contributed by atoms with Crippen LogP contribution >= 0.6 is 0 Å². The summed E-state index contributed by atoms with van der Waals surface area (Å²) in [7, 11) is 0. The lowest BCUT2D eigenvalue weighted by molar-refractivity contribution is -0.151. The second-order valence-corrected chi connectivity index (χ2v) is 18.3. The van der Waals surface area contributed by atoms with Crippen LogP contribution in [0.5, 0.6) is 0 Å². The number of rotatable bonds is 48. The summed E-state index contributed by atoms with van der Waals surface area (Å²) in [6.07, 6.45) is 55.3. The molecule has 0 bridgehead atoms. The Morgan fingerprint density at radius 3 is 1.23 bits per heavy atom. The van der Waals surface area contributed by atoms with Gasteiger partial charge in [-0.1, -0.05) is 218 Å². The number of hydrogen-bond acceptors (Lipinski definition) is 5. The average Bonchev–Trinajstić information content (AvgIpc) is 3.24. The molecule has 0 aliphatic heterocycles. The first-order valence-corrected chi connectivity index (χ1v) is 26.6. The Labute approximate surface area is 373 Å². The Kier molecular flexibility index (Phi) is 47.0. The number of aliphatic hydroxyl groups is 2. The molecule has 0 heterocycles. The molecule has 0 saturated heterocycles. The Morgan fingerprint density at radius 1 is 0.467 bits per heavy atom. The molecule has 6 heteroatoms. The van der Waals surface area contributed by atoms with Gasteiger partial charge in [-0.25, -0.2) is 0 Å². The quantitative estimate of drug-likeness (QED) is 0.0322. The van der Waals surface area contributed by atoms with Crippen LogP contribution in [0.1, 0.15) is 284 Å². The van der Waals surface area contributed by atoms with Crippen molar-refractivity contribution in [3.8, 4) is 0 Å². The monoisotopic (exact) mass is 846 g/mol. The Hall–Kier alpha value is -1.66. The number of allylic oxidation sites excluding steroid dienone is 4. The third kappa shape index (κ3) is 43.0. The van der Waals surface area contributed by atoms with Crippen molar-refractivity contribution >= 4 is 11.9 Å². The van der Waals surface area contributed by atoms with Crippen molar-refractivity contribution < 1.29 is 24.5 Å². The topological polar surface area (TPSA) is 95.9 Å². The SMILES string of the molecule is CCCCC/C=C\CCCCCC(CC(=O)NC(CO)C(O)CCCCCCCCCCCCCCCCCCC)OC(=O)CCCCC/C=C\CCCCCCCCC. The Bertz CT molecular complexity index is 950. The van der Waals surface area contributed by atoms with Crippen LogP contribution in [0.4, 0.5) is 0 Å². The maximum Gasteiger partial charge on any atom is 0.306 e. The number of nitrogens with one attached hydrogen (secondary N) is 1. The Balaban J connectivity index is 4.45. The van der Waals surface area contributed by atoms with Crippen LogP contribution < -0.4 is 5.32 Å². The van der Waals surface area contributed by atoms with E-state index in [4.69, 9.17) is 4.74 Å². The molecule has 0 saturated carbocycles. The van der Waals surface area contributed by atoms with Crippen molar-refractivity contribution in [2.75, 3.05) is 6.61 Å². The van der Waals surface area contributed by atoms with Crippen molar-refractivity contribution in [1.29, 1.82) is 0 Å². The number of unbranched alkanes of at least 4 members (excludes halogenated alkanes) is 32. The van der Waals surface area contributed by atoms with Gasteiger partial charge in [0.2, 0.25) is 5.91 Å². The number of ether oxygens (including phenoxy) is 1. The Morgan fingerprint density at radius 2 is 0.800 bits per heavy atom. The van der Waals surface area contributed by atoms with Crippen LogP contribution in [0.3, 0.4) is 0 Å². The highest BCUT2D eigenvalue weighted by atomic mass is 16.5. The molecule has 0 aromatic heterocycles. The molecule has 0 aromatic carbocycles. The van der Waals surface area contributed by atoms with E-state index in [0.29, 0.717) is 19.3 Å². The van der Waals surface area contributed by atoms with Gasteiger partial charge in [-0.3, -0.25) is 9.59 Å². The lowest BCUT2D eigenvalue weighted by Crippen LogP contribution is -2.46. The minimum absolute atomic E-state index is 0.0644. The van der Waals surface area contributed by atoms with Gasteiger partial charge in [0.25, 0.3) is 0 Å². The predicted molar refractivity (Wildman–Crippen MR) is 260 cm³/mol. The van der Waals surface area contributed by atoms with Gasteiger partial charge in [-0.2, -0.15) is 0 Å². The number of esters is 1. The second-order valence-electron chi connectivity index (χ2n) is 18.3. The predicted octanol–water partition coefficient (Wildman–Crippen LogP) is 15.9. The zero-order valence-corrected chi connectivity index (χ0v) is 40.4. The van der Waals surface area contributed by atoms with E-state index in [0.717, 1.165) is 70.6 Å². The summed E-state index contributed by atoms with van der Waals surface area (Å²) in [6, 6.07) is -0.705. The highest BCUT2D eigenvalue weighted by Crippen LogP contribution is 2.18. The van der Waals surface area contributed by atoms with Crippen LogP contribution in [-0.2, 0) is 14.3 Å². The third-order valence-corrected chi connectivity index (χ3v) is 12.3. The first-order chi connectivity index (χ1) is 29.5. The van der Waals surface area contributed by atoms with Crippen LogP contribution in [-0.4, -0.2) is 46.9 Å². The van der Waals surface area contributed by atoms with Gasteiger partial charge in [-0.15, -0.1) is 0 Å². The number of carbonyl (C=O) groups is 2. The fourth-order valence-electron chi connectivity index (χ4n) is 8.19. The van der Waals surface area contributed by atoms with Crippen molar-refractivity contribution in [2.24, 2.45) is 0 Å². The molecular formula is C54H103NO5. The lowest BCUT2D eigenvalue weighted by atomic mass is 10.0. The van der Waals surface area contributed by atoms with E-state index in [9.17, 15) is 19.8 Å². The number of carbonyl (C=O) groups excluding carboxylic acids is 2. The molecule has 0 radical (unpaired) electrons. The molecule has 0 rings (SSSR count).